The fourth-order valence-corrected chi connectivity index (χ4v) is 3.84. The normalized spacial score (nSPS) is 17.4. The summed E-state index contributed by atoms with van der Waals surface area (Å²) in [6, 6.07) is 7.03. The summed E-state index contributed by atoms with van der Waals surface area (Å²) in [5, 5.41) is 3.41. The molecule has 1 N–H and O–H groups in total. The van der Waals surface area contributed by atoms with E-state index in [0.717, 1.165) is 57.3 Å². The average Bonchev–Trinajstić information content (AvgIpc) is 3.07. The molecule has 0 unspecified atom stereocenters. The van der Waals surface area contributed by atoms with Gasteiger partial charge in [-0.25, -0.2) is 0 Å². The molecular formula is C20H27N5O. The van der Waals surface area contributed by atoms with Crippen molar-refractivity contribution in [1.82, 2.24) is 20.2 Å². The molecule has 26 heavy (non-hydrogen) atoms. The van der Waals surface area contributed by atoms with Crippen molar-refractivity contribution in [1.29, 1.82) is 0 Å². The summed E-state index contributed by atoms with van der Waals surface area (Å²) < 4.78 is 5.38. The Morgan fingerprint density at radius 3 is 2.69 bits per heavy atom. The van der Waals surface area contributed by atoms with E-state index in [0.29, 0.717) is 6.01 Å². The van der Waals surface area contributed by atoms with Crippen LogP contribution in [0.1, 0.15) is 27.9 Å². The van der Waals surface area contributed by atoms with Crippen LogP contribution < -0.4 is 15.0 Å². The van der Waals surface area contributed by atoms with Crippen molar-refractivity contribution >= 4 is 5.82 Å². The Morgan fingerprint density at radius 2 is 1.92 bits per heavy atom. The molecule has 6 nitrogen and oxygen atoms in total. The van der Waals surface area contributed by atoms with Crippen LogP contribution in [-0.2, 0) is 19.6 Å². The molecule has 138 valence electrons. The maximum absolute atomic E-state index is 5.38. The number of nitrogens with zero attached hydrogens (tertiary/aromatic N) is 4. The number of methoxy groups -OCH3 is 1. The summed E-state index contributed by atoms with van der Waals surface area (Å²) in [5.41, 5.74) is 6.49. The lowest BCUT2D eigenvalue weighted by Gasteiger charge is -2.30. The number of aromatic nitrogens is 2. The van der Waals surface area contributed by atoms with Gasteiger partial charge in [0.05, 0.1) is 12.8 Å². The van der Waals surface area contributed by atoms with Crippen molar-refractivity contribution in [2.45, 2.75) is 33.5 Å². The number of aryl methyl sites for hydroxylation is 1. The number of fused-ring (bicyclic) bond motifs is 1. The van der Waals surface area contributed by atoms with Crippen LogP contribution in [0.2, 0.25) is 0 Å². The first-order valence-corrected chi connectivity index (χ1v) is 9.32. The first-order chi connectivity index (χ1) is 12.7. The summed E-state index contributed by atoms with van der Waals surface area (Å²) in [6.07, 6.45) is 0. The minimum absolute atomic E-state index is 0.478. The zero-order valence-corrected chi connectivity index (χ0v) is 15.9. The van der Waals surface area contributed by atoms with E-state index in [2.05, 4.69) is 52.1 Å². The van der Waals surface area contributed by atoms with Gasteiger partial charge in [0.15, 0.2) is 0 Å². The number of hydrogen-bond donors (Lipinski definition) is 1. The highest BCUT2D eigenvalue weighted by molar-refractivity contribution is 5.52. The van der Waals surface area contributed by atoms with Gasteiger partial charge in [-0.1, -0.05) is 18.2 Å². The molecule has 0 amide bonds. The van der Waals surface area contributed by atoms with Gasteiger partial charge in [-0.15, -0.1) is 0 Å². The molecule has 3 heterocycles. The molecule has 4 rings (SSSR count). The van der Waals surface area contributed by atoms with Crippen molar-refractivity contribution in [3.8, 4) is 6.01 Å². The van der Waals surface area contributed by atoms with Crippen LogP contribution in [0.15, 0.2) is 18.2 Å². The zero-order chi connectivity index (χ0) is 18.1. The van der Waals surface area contributed by atoms with E-state index in [9.17, 15) is 0 Å². The summed E-state index contributed by atoms with van der Waals surface area (Å²) in [5.74, 6) is 1.05. The van der Waals surface area contributed by atoms with E-state index >= 15 is 0 Å². The molecule has 0 radical (unpaired) electrons. The summed E-state index contributed by atoms with van der Waals surface area (Å²) in [6.45, 7) is 11.0. The maximum atomic E-state index is 5.38. The van der Waals surface area contributed by atoms with E-state index in [1.54, 1.807) is 7.11 Å². The Morgan fingerprint density at radius 1 is 1.12 bits per heavy atom. The van der Waals surface area contributed by atoms with Crippen molar-refractivity contribution in [2.24, 2.45) is 0 Å². The SMILES string of the molecule is COc1nc2c(c(N3CCNCC3)n1)CN(Cc1cccc(C)c1C)C2. The van der Waals surface area contributed by atoms with Crippen LogP contribution in [0.25, 0.3) is 0 Å². The van der Waals surface area contributed by atoms with Crippen LogP contribution in [-0.4, -0.2) is 48.2 Å². The summed E-state index contributed by atoms with van der Waals surface area (Å²) in [4.78, 5) is 14.2. The van der Waals surface area contributed by atoms with Crippen LogP contribution in [0.4, 0.5) is 5.82 Å². The van der Waals surface area contributed by atoms with Crippen molar-refractivity contribution in [3.05, 3.63) is 46.1 Å². The van der Waals surface area contributed by atoms with E-state index in [1.165, 1.54) is 22.3 Å². The molecule has 2 aliphatic heterocycles. The number of ether oxygens (including phenoxy) is 1. The molecule has 0 aliphatic carbocycles. The average molecular weight is 353 g/mol. The molecule has 2 aromatic rings. The second-order valence-electron chi connectivity index (χ2n) is 7.20. The van der Waals surface area contributed by atoms with Gasteiger partial charge in [0.2, 0.25) is 0 Å². The van der Waals surface area contributed by atoms with E-state index < -0.39 is 0 Å². The Labute approximate surface area is 155 Å². The molecule has 0 atom stereocenters. The number of nitrogens with one attached hydrogen (secondary N) is 1. The Bertz CT molecular complexity index is 801. The predicted molar refractivity (Wildman–Crippen MR) is 103 cm³/mol. The lowest BCUT2D eigenvalue weighted by molar-refractivity contribution is 0.273. The van der Waals surface area contributed by atoms with Crippen LogP contribution in [0.3, 0.4) is 0 Å². The number of anilines is 1. The highest BCUT2D eigenvalue weighted by Gasteiger charge is 2.28. The first-order valence-electron chi connectivity index (χ1n) is 9.32. The monoisotopic (exact) mass is 353 g/mol. The van der Waals surface area contributed by atoms with Gasteiger partial charge in [-0.3, -0.25) is 4.90 Å². The smallest absolute Gasteiger partial charge is 0.318 e. The van der Waals surface area contributed by atoms with Gasteiger partial charge in [-0.05, 0) is 30.5 Å². The third-order valence-electron chi connectivity index (χ3n) is 5.52. The quantitative estimate of drug-likeness (QED) is 0.908. The topological polar surface area (TPSA) is 53.5 Å². The predicted octanol–water partition coefficient (Wildman–Crippen LogP) is 2.03. The number of piperazine rings is 1. The van der Waals surface area contributed by atoms with E-state index in [-0.39, 0.29) is 0 Å². The van der Waals surface area contributed by atoms with Crippen molar-refractivity contribution in [3.63, 3.8) is 0 Å². The van der Waals surface area contributed by atoms with Gasteiger partial charge in [0.1, 0.15) is 5.82 Å². The Hall–Kier alpha value is -2.18. The maximum Gasteiger partial charge on any atom is 0.318 e. The number of hydrogen-bond acceptors (Lipinski definition) is 6. The van der Waals surface area contributed by atoms with Crippen molar-refractivity contribution in [2.75, 3.05) is 38.2 Å². The molecule has 0 saturated carbocycles. The standard InChI is InChI=1S/C20H27N5O/c1-14-5-4-6-16(15(14)2)11-24-12-17-18(13-24)22-20(26-3)23-19(17)25-9-7-21-8-10-25/h4-6,21H,7-13H2,1-3H3. The minimum atomic E-state index is 0.478. The van der Waals surface area contributed by atoms with Gasteiger partial charge in [0.25, 0.3) is 0 Å². The fourth-order valence-electron chi connectivity index (χ4n) is 3.84. The Balaban J connectivity index is 1.60. The fraction of sp³-hybridized carbons (Fsp3) is 0.500. The second-order valence-corrected chi connectivity index (χ2v) is 7.20. The highest BCUT2D eigenvalue weighted by atomic mass is 16.5. The molecule has 1 aromatic heterocycles. The zero-order valence-electron chi connectivity index (χ0n) is 15.9. The molecule has 6 heteroatoms. The lowest BCUT2D eigenvalue weighted by atomic mass is 10.0. The third kappa shape index (κ3) is 3.27. The molecule has 1 aromatic carbocycles. The number of rotatable bonds is 4. The molecule has 0 spiro atoms. The molecular weight excluding hydrogens is 326 g/mol. The van der Waals surface area contributed by atoms with E-state index in [4.69, 9.17) is 9.72 Å². The van der Waals surface area contributed by atoms with Gasteiger partial charge < -0.3 is 15.0 Å². The summed E-state index contributed by atoms with van der Waals surface area (Å²) in [7, 11) is 1.64. The van der Waals surface area contributed by atoms with Gasteiger partial charge >= 0.3 is 6.01 Å². The van der Waals surface area contributed by atoms with Crippen LogP contribution in [0, 0.1) is 13.8 Å². The molecule has 1 saturated heterocycles. The first kappa shape index (κ1) is 17.2. The Kier molecular flexibility index (Phi) is 4.78. The summed E-state index contributed by atoms with van der Waals surface area (Å²) >= 11 is 0. The molecule has 2 aliphatic rings. The minimum Gasteiger partial charge on any atom is -0.467 e. The van der Waals surface area contributed by atoms with Gasteiger partial charge in [-0.2, -0.15) is 9.97 Å². The van der Waals surface area contributed by atoms with Crippen LogP contribution >= 0.6 is 0 Å². The highest BCUT2D eigenvalue weighted by Crippen LogP contribution is 2.32. The molecule has 0 bridgehead atoms. The third-order valence-corrected chi connectivity index (χ3v) is 5.52. The van der Waals surface area contributed by atoms with E-state index in [1.807, 2.05) is 0 Å². The lowest BCUT2D eigenvalue weighted by Crippen LogP contribution is -2.44. The van der Waals surface area contributed by atoms with Crippen molar-refractivity contribution < 1.29 is 4.74 Å². The number of benzene rings is 1. The van der Waals surface area contributed by atoms with Gasteiger partial charge in [0, 0.05) is 51.4 Å². The molecule has 1 fully saturated rings. The van der Waals surface area contributed by atoms with Crippen LogP contribution in [0.5, 0.6) is 6.01 Å². The second kappa shape index (κ2) is 7.21. The largest absolute Gasteiger partial charge is 0.467 e.